The minimum absolute atomic E-state index is 0.000530. The van der Waals surface area contributed by atoms with E-state index in [1.807, 2.05) is 12.1 Å². The molecule has 1 amide bonds. The smallest absolute Gasteiger partial charge is 0.238 e. The summed E-state index contributed by atoms with van der Waals surface area (Å²) in [6, 6.07) is 8.29. The summed E-state index contributed by atoms with van der Waals surface area (Å²) < 4.78 is 0. The van der Waals surface area contributed by atoms with Crippen LogP contribution in [0.1, 0.15) is 63.4 Å². The van der Waals surface area contributed by atoms with Crippen LogP contribution in [0.2, 0.25) is 0 Å². The van der Waals surface area contributed by atoms with Gasteiger partial charge in [0.1, 0.15) is 0 Å². The summed E-state index contributed by atoms with van der Waals surface area (Å²) in [7, 11) is 0. The molecule has 0 aromatic heterocycles. The van der Waals surface area contributed by atoms with E-state index >= 15 is 0 Å². The predicted octanol–water partition coefficient (Wildman–Crippen LogP) is 3.42. The summed E-state index contributed by atoms with van der Waals surface area (Å²) in [6.45, 7) is 2.37. The molecule has 0 bridgehead atoms. The average Bonchev–Trinajstić information content (AvgIpc) is 2.60. The number of nitrogens with one attached hydrogen (secondary N) is 2. The second-order valence-corrected chi connectivity index (χ2v) is 6.55. The van der Waals surface area contributed by atoms with Crippen LogP contribution in [-0.4, -0.2) is 30.2 Å². The minimum atomic E-state index is -0.0648. The molecule has 0 radical (unpaired) electrons. The summed E-state index contributed by atoms with van der Waals surface area (Å²) in [5, 5.41) is 15.2. The van der Waals surface area contributed by atoms with Crippen molar-refractivity contribution in [2.24, 2.45) is 0 Å². The lowest BCUT2D eigenvalue weighted by Crippen LogP contribution is -2.38. The number of hydrogen-bond acceptors (Lipinski definition) is 3. The fourth-order valence-electron chi connectivity index (χ4n) is 3.32. The third kappa shape index (κ3) is 5.96. The molecule has 128 valence electrons. The monoisotopic (exact) mass is 318 g/mol. The van der Waals surface area contributed by atoms with Crippen molar-refractivity contribution in [3.8, 4) is 0 Å². The topological polar surface area (TPSA) is 61.4 Å². The van der Waals surface area contributed by atoms with E-state index in [0.717, 1.165) is 18.5 Å². The van der Waals surface area contributed by atoms with E-state index in [9.17, 15) is 9.90 Å². The fraction of sp³-hybridized carbons (Fsp3) is 0.632. The Hall–Kier alpha value is -1.39. The number of anilines is 1. The molecule has 1 aliphatic rings. The lowest BCUT2D eigenvalue weighted by atomic mass is 9.84. The Bertz CT molecular complexity index is 467. The van der Waals surface area contributed by atoms with Crippen LogP contribution in [0.5, 0.6) is 0 Å². The van der Waals surface area contributed by atoms with Gasteiger partial charge in [-0.15, -0.1) is 0 Å². The van der Waals surface area contributed by atoms with Gasteiger partial charge in [-0.1, -0.05) is 44.7 Å². The van der Waals surface area contributed by atoms with Gasteiger partial charge in [0.2, 0.25) is 5.91 Å². The van der Waals surface area contributed by atoms with E-state index in [4.69, 9.17) is 0 Å². The summed E-state index contributed by atoms with van der Waals surface area (Å²) in [5.74, 6) is 0.625. The van der Waals surface area contributed by atoms with Gasteiger partial charge in [-0.25, -0.2) is 0 Å². The molecule has 0 heterocycles. The lowest BCUT2D eigenvalue weighted by molar-refractivity contribution is -0.115. The van der Waals surface area contributed by atoms with E-state index in [2.05, 4.69) is 29.7 Å². The molecule has 23 heavy (non-hydrogen) atoms. The van der Waals surface area contributed by atoms with Crippen LogP contribution in [0.4, 0.5) is 5.69 Å². The minimum Gasteiger partial charge on any atom is -0.395 e. The number of benzene rings is 1. The first-order valence-electron chi connectivity index (χ1n) is 8.97. The van der Waals surface area contributed by atoms with Crippen LogP contribution >= 0.6 is 0 Å². The Labute approximate surface area is 139 Å². The fourth-order valence-corrected chi connectivity index (χ4v) is 3.32. The Morgan fingerprint density at radius 3 is 2.52 bits per heavy atom. The van der Waals surface area contributed by atoms with Gasteiger partial charge in [0.25, 0.3) is 0 Å². The quantitative estimate of drug-likeness (QED) is 0.688. The molecule has 1 atom stereocenters. The maximum atomic E-state index is 12.0. The number of carbonyl (C=O) groups excluding carboxylic acids is 1. The molecule has 2 rings (SSSR count). The maximum absolute atomic E-state index is 12.0. The lowest BCUT2D eigenvalue weighted by Gasteiger charge is -2.22. The van der Waals surface area contributed by atoms with E-state index in [-0.39, 0.29) is 25.1 Å². The summed E-state index contributed by atoms with van der Waals surface area (Å²) >= 11 is 0. The number of amides is 1. The zero-order valence-corrected chi connectivity index (χ0v) is 14.2. The standard InChI is InChI=1S/C19H30N2O2/c1-2-6-18(14-22)20-13-19(23)21-17-11-9-16(10-12-17)15-7-4-3-5-8-15/h9-12,15,18,20,22H,2-8,13-14H2,1H3,(H,21,23)/t18-/m0/s1. The summed E-state index contributed by atoms with van der Waals surface area (Å²) in [4.78, 5) is 12.0. The van der Waals surface area contributed by atoms with Gasteiger partial charge in [0.05, 0.1) is 13.2 Å². The molecule has 1 saturated carbocycles. The molecule has 1 fully saturated rings. The van der Waals surface area contributed by atoms with E-state index < -0.39 is 0 Å². The van der Waals surface area contributed by atoms with Gasteiger partial charge in [0, 0.05) is 11.7 Å². The van der Waals surface area contributed by atoms with Gasteiger partial charge in [-0.2, -0.15) is 0 Å². The molecule has 0 aliphatic heterocycles. The number of hydrogen-bond donors (Lipinski definition) is 3. The first kappa shape index (κ1) is 18.0. The molecule has 4 heteroatoms. The van der Waals surface area contributed by atoms with Crippen molar-refractivity contribution in [2.45, 2.75) is 63.8 Å². The Morgan fingerprint density at radius 1 is 1.22 bits per heavy atom. The van der Waals surface area contributed by atoms with Crippen molar-refractivity contribution in [1.29, 1.82) is 0 Å². The molecular weight excluding hydrogens is 288 g/mol. The van der Waals surface area contributed by atoms with Gasteiger partial charge in [0.15, 0.2) is 0 Å². The molecule has 0 spiro atoms. The first-order valence-corrected chi connectivity index (χ1v) is 8.97. The Kier molecular flexibility index (Phi) is 7.56. The number of aliphatic hydroxyl groups excluding tert-OH is 1. The SMILES string of the molecule is CCC[C@@H](CO)NCC(=O)Nc1ccc(C2CCCCC2)cc1. The number of rotatable bonds is 8. The molecular formula is C19H30N2O2. The number of carbonyl (C=O) groups is 1. The highest BCUT2D eigenvalue weighted by Crippen LogP contribution is 2.32. The highest BCUT2D eigenvalue weighted by Gasteiger charge is 2.15. The van der Waals surface area contributed by atoms with Crippen molar-refractivity contribution < 1.29 is 9.90 Å². The second-order valence-electron chi connectivity index (χ2n) is 6.55. The van der Waals surface area contributed by atoms with Crippen LogP contribution in [-0.2, 0) is 4.79 Å². The molecule has 0 saturated heterocycles. The van der Waals surface area contributed by atoms with E-state index in [1.165, 1.54) is 37.7 Å². The van der Waals surface area contributed by atoms with Gasteiger partial charge in [-0.05, 0) is 42.9 Å². The van der Waals surface area contributed by atoms with Crippen LogP contribution in [0.3, 0.4) is 0 Å². The second kappa shape index (κ2) is 9.68. The van der Waals surface area contributed by atoms with Gasteiger partial charge >= 0.3 is 0 Å². The maximum Gasteiger partial charge on any atom is 0.238 e. The Balaban J connectivity index is 1.79. The zero-order valence-electron chi connectivity index (χ0n) is 14.2. The van der Waals surface area contributed by atoms with Crippen LogP contribution in [0, 0.1) is 0 Å². The van der Waals surface area contributed by atoms with Gasteiger partial charge < -0.3 is 15.7 Å². The summed E-state index contributed by atoms with van der Waals surface area (Å²) in [5.41, 5.74) is 2.23. The molecule has 3 N–H and O–H groups in total. The predicted molar refractivity (Wildman–Crippen MR) is 94.7 cm³/mol. The molecule has 0 unspecified atom stereocenters. The average molecular weight is 318 g/mol. The van der Waals surface area contributed by atoms with Crippen LogP contribution in [0.15, 0.2) is 24.3 Å². The highest BCUT2D eigenvalue weighted by molar-refractivity contribution is 5.92. The first-order chi connectivity index (χ1) is 11.2. The normalized spacial score (nSPS) is 17.0. The van der Waals surface area contributed by atoms with Crippen molar-refractivity contribution >= 4 is 11.6 Å². The zero-order chi connectivity index (χ0) is 16.5. The highest BCUT2D eigenvalue weighted by atomic mass is 16.3. The third-order valence-corrected chi connectivity index (χ3v) is 4.68. The summed E-state index contributed by atoms with van der Waals surface area (Å²) in [6.07, 6.45) is 8.47. The van der Waals surface area contributed by atoms with Gasteiger partial charge in [-0.3, -0.25) is 4.79 Å². The van der Waals surface area contributed by atoms with Crippen LogP contribution in [0.25, 0.3) is 0 Å². The molecule has 1 aliphatic carbocycles. The molecule has 1 aromatic carbocycles. The Morgan fingerprint density at radius 2 is 1.91 bits per heavy atom. The van der Waals surface area contributed by atoms with Crippen molar-refractivity contribution in [3.05, 3.63) is 29.8 Å². The third-order valence-electron chi connectivity index (χ3n) is 4.68. The van der Waals surface area contributed by atoms with E-state index in [1.54, 1.807) is 0 Å². The number of aliphatic hydroxyl groups is 1. The molecule has 4 nitrogen and oxygen atoms in total. The van der Waals surface area contributed by atoms with Crippen molar-refractivity contribution in [1.82, 2.24) is 5.32 Å². The van der Waals surface area contributed by atoms with Crippen LogP contribution < -0.4 is 10.6 Å². The van der Waals surface area contributed by atoms with Crippen molar-refractivity contribution in [2.75, 3.05) is 18.5 Å². The molecule has 1 aromatic rings. The van der Waals surface area contributed by atoms with E-state index in [0.29, 0.717) is 5.92 Å². The van der Waals surface area contributed by atoms with Crippen molar-refractivity contribution in [3.63, 3.8) is 0 Å². The largest absolute Gasteiger partial charge is 0.395 e.